The minimum absolute atomic E-state index is 0.346. The van der Waals surface area contributed by atoms with E-state index in [0.29, 0.717) is 60.7 Å². The molecule has 1 aromatic heterocycles. The smallest absolute Gasteiger partial charge is 0.282 e. The zero-order valence-corrected chi connectivity index (χ0v) is 18.9. The molecular weight excluding hydrogens is 435 g/mol. The molecule has 0 amide bonds. The van der Waals surface area contributed by atoms with Gasteiger partial charge in [-0.1, -0.05) is 37.3 Å². The van der Waals surface area contributed by atoms with Crippen LogP contribution in [-0.2, 0) is 16.9 Å². The van der Waals surface area contributed by atoms with Crippen molar-refractivity contribution in [3.63, 3.8) is 0 Å². The molecule has 1 aliphatic heterocycles. The molecule has 2 heterocycles. The standard InChI is InChI=1S/C17H25FN6O2S3/c1-3-22(4-2)29(25,26)23-11-9-21(10-12-23)13-24-17(27)28-16(20-24)19-15-8-6-5-7-14(15)18/h5-8H,3-4,9-13H2,1-2H3,(H,19,20). The van der Waals surface area contributed by atoms with E-state index in [2.05, 4.69) is 15.3 Å². The van der Waals surface area contributed by atoms with Crippen molar-refractivity contribution < 1.29 is 12.8 Å². The third-order valence-corrected chi connectivity index (χ3v) is 8.15. The van der Waals surface area contributed by atoms with E-state index in [1.54, 1.807) is 22.9 Å². The normalized spacial score (nSPS) is 16.4. The molecule has 0 unspecified atom stereocenters. The van der Waals surface area contributed by atoms with Gasteiger partial charge in [-0.2, -0.15) is 17.0 Å². The molecule has 160 valence electrons. The van der Waals surface area contributed by atoms with Gasteiger partial charge in [-0.05, 0) is 24.4 Å². The molecule has 1 N–H and O–H groups in total. The first kappa shape index (κ1) is 22.2. The number of nitrogens with one attached hydrogen (secondary N) is 1. The average Bonchev–Trinajstić information content (AvgIpc) is 3.04. The summed E-state index contributed by atoms with van der Waals surface area (Å²) < 4.78 is 44.3. The minimum Gasteiger partial charge on any atom is -0.328 e. The van der Waals surface area contributed by atoms with Crippen LogP contribution >= 0.6 is 23.6 Å². The van der Waals surface area contributed by atoms with Crippen LogP contribution in [0.1, 0.15) is 13.8 Å². The summed E-state index contributed by atoms with van der Waals surface area (Å²) in [6, 6.07) is 6.39. The molecule has 0 bridgehead atoms. The molecule has 8 nitrogen and oxygen atoms in total. The van der Waals surface area contributed by atoms with Crippen molar-refractivity contribution in [3.05, 3.63) is 34.0 Å². The SMILES string of the molecule is CCN(CC)S(=O)(=O)N1CCN(Cn2nc(Nc3ccccc3F)sc2=S)CC1. The molecule has 29 heavy (non-hydrogen) atoms. The molecule has 1 saturated heterocycles. The molecule has 1 aromatic carbocycles. The van der Waals surface area contributed by atoms with Crippen LogP contribution in [-0.4, -0.2) is 71.0 Å². The Kier molecular flexibility index (Phi) is 7.35. The zero-order valence-electron chi connectivity index (χ0n) is 16.4. The van der Waals surface area contributed by atoms with Crippen LogP contribution in [0.15, 0.2) is 24.3 Å². The first-order chi connectivity index (χ1) is 13.8. The predicted molar refractivity (Wildman–Crippen MR) is 116 cm³/mol. The molecular formula is C17H25FN6O2S3. The van der Waals surface area contributed by atoms with E-state index in [1.807, 2.05) is 13.8 Å². The summed E-state index contributed by atoms with van der Waals surface area (Å²) in [4.78, 5) is 2.11. The van der Waals surface area contributed by atoms with Crippen LogP contribution in [0.4, 0.5) is 15.2 Å². The summed E-state index contributed by atoms with van der Waals surface area (Å²) in [6.07, 6.45) is 0. The number of halogens is 1. The lowest BCUT2D eigenvalue weighted by Gasteiger charge is -2.36. The van der Waals surface area contributed by atoms with Crippen molar-refractivity contribution in [2.45, 2.75) is 20.5 Å². The Hall–Kier alpha value is -1.44. The number of nitrogens with zero attached hydrogens (tertiary/aromatic N) is 5. The van der Waals surface area contributed by atoms with Gasteiger partial charge in [0, 0.05) is 39.3 Å². The highest BCUT2D eigenvalue weighted by Crippen LogP contribution is 2.23. The fourth-order valence-corrected chi connectivity index (χ4v) is 5.74. The molecule has 0 saturated carbocycles. The lowest BCUT2D eigenvalue weighted by Crippen LogP contribution is -2.53. The third kappa shape index (κ3) is 5.19. The van der Waals surface area contributed by atoms with Gasteiger partial charge in [-0.25, -0.2) is 9.07 Å². The van der Waals surface area contributed by atoms with E-state index >= 15 is 0 Å². The van der Waals surface area contributed by atoms with Crippen molar-refractivity contribution in [1.82, 2.24) is 23.3 Å². The zero-order chi connectivity index (χ0) is 21.0. The van der Waals surface area contributed by atoms with Crippen molar-refractivity contribution in [2.24, 2.45) is 0 Å². The molecule has 12 heteroatoms. The maximum Gasteiger partial charge on any atom is 0.282 e. The van der Waals surface area contributed by atoms with Crippen molar-refractivity contribution in [2.75, 3.05) is 44.6 Å². The lowest BCUT2D eigenvalue weighted by atomic mass is 10.3. The second kappa shape index (κ2) is 9.58. The van der Waals surface area contributed by atoms with E-state index in [4.69, 9.17) is 12.2 Å². The number of hydrogen-bond donors (Lipinski definition) is 1. The van der Waals surface area contributed by atoms with Gasteiger partial charge in [-0.15, -0.1) is 5.10 Å². The molecule has 0 radical (unpaired) electrons. The Balaban J connectivity index is 1.61. The molecule has 0 aliphatic carbocycles. The van der Waals surface area contributed by atoms with Gasteiger partial charge in [0.05, 0.1) is 12.4 Å². The molecule has 3 rings (SSSR count). The molecule has 0 spiro atoms. The summed E-state index contributed by atoms with van der Waals surface area (Å²) in [5.41, 5.74) is 0.346. The van der Waals surface area contributed by atoms with Crippen molar-refractivity contribution in [3.8, 4) is 0 Å². The van der Waals surface area contributed by atoms with Crippen LogP contribution in [0.2, 0.25) is 0 Å². The van der Waals surface area contributed by atoms with E-state index < -0.39 is 10.2 Å². The fourth-order valence-electron chi connectivity index (χ4n) is 3.13. The molecule has 1 aliphatic rings. The summed E-state index contributed by atoms with van der Waals surface area (Å²) in [6.45, 7) is 7.12. The number of para-hydroxylation sites is 1. The monoisotopic (exact) mass is 460 g/mol. The quantitative estimate of drug-likeness (QED) is 0.611. The average molecular weight is 461 g/mol. The number of anilines is 2. The van der Waals surface area contributed by atoms with Crippen LogP contribution < -0.4 is 5.32 Å². The molecule has 2 aromatic rings. The Morgan fingerprint density at radius 2 is 1.86 bits per heavy atom. The van der Waals surface area contributed by atoms with Crippen LogP contribution in [0, 0.1) is 9.77 Å². The topological polar surface area (TPSA) is 73.7 Å². The minimum atomic E-state index is -3.41. The van der Waals surface area contributed by atoms with E-state index in [0.717, 1.165) is 0 Å². The Labute approximate surface area is 179 Å². The Bertz CT molecular complexity index is 981. The summed E-state index contributed by atoms with van der Waals surface area (Å²) in [5, 5.41) is 7.91. The van der Waals surface area contributed by atoms with E-state index in [9.17, 15) is 12.8 Å². The Morgan fingerprint density at radius 3 is 2.48 bits per heavy atom. The van der Waals surface area contributed by atoms with Crippen LogP contribution in [0.5, 0.6) is 0 Å². The van der Waals surface area contributed by atoms with Gasteiger partial charge in [-0.3, -0.25) is 4.90 Å². The largest absolute Gasteiger partial charge is 0.328 e. The van der Waals surface area contributed by atoms with Gasteiger partial charge < -0.3 is 5.32 Å². The second-order valence-electron chi connectivity index (χ2n) is 6.53. The highest BCUT2D eigenvalue weighted by atomic mass is 32.2. The maximum absolute atomic E-state index is 13.8. The number of benzene rings is 1. The number of piperazine rings is 1. The Morgan fingerprint density at radius 1 is 1.21 bits per heavy atom. The van der Waals surface area contributed by atoms with Crippen LogP contribution in [0.25, 0.3) is 0 Å². The second-order valence-corrected chi connectivity index (χ2v) is 10.1. The van der Waals surface area contributed by atoms with Gasteiger partial charge in [0.15, 0.2) is 3.95 Å². The van der Waals surface area contributed by atoms with Gasteiger partial charge >= 0.3 is 0 Å². The van der Waals surface area contributed by atoms with Gasteiger partial charge in [0.25, 0.3) is 10.2 Å². The maximum atomic E-state index is 13.8. The fraction of sp³-hybridized carbons (Fsp3) is 0.529. The van der Waals surface area contributed by atoms with E-state index in [1.165, 1.54) is 26.0 Å². The van der Waals surface area contributed by atoms with Gasteiger partial charge in [0.1, 0.15) is 5.82 Å². The highest BCUT2D eigenvalue weighted by Gasteiger charge is 2.30. The molecule has 1 fully saturated rings. The van der Waals surface area contributed by atoms with E-state index in [-0.39, 0.29) is 5.82 Å². The summed E-state index contributed by atoms with van der Waals surface area (Å²) in [7, 11) is -3.41. The first-order valence-electron chi connectivity index (χ1n) is 9.42. The van der Waals surface area contributed by atoms with Crippen molar-refractivity contribution >= 4 is 44.6 Å². The number of hydrogen-bond acceptors (Lipinski definition) is 7. The molecule has 0 atom stereocenters. The lowest BCUT2D eigenvalue weighted by molar-refractivity contribution is 0.141. The first-order valence-corrected chi connectivity index (χ1v) is 12.0. The van der Waals surface area contributed by atoms with Crippen LogP contribution in [0.3, 0.4) is 0 Å². The number of aromatic nitrogens is 2. The van der Waals surface area contributed by atoms with Crippen molar-refractivity contribution in [1.29, 1.82) is 0 Å². The predicted octanol–water partition coefficient (Wildman–Crippen LogP) is 2.72. The third-order valence-electron chi connectivity index (χ3n) is 4.74. The summed E-state index contributed by atoms with van der Waals surface area (Å²) in [5.74, 6) is -0.356. The number of rotatable bonds is 8. The highest BCUT2D eigenvalue weighted by molar-refractivity contribution is 7.86. The van der Waals surface area contributed by atoms with Gasteiger partial charge in [0.2, 0.25) is 5.13 Å². The summed E-state index contributed by atoms with van der Waals surface area (Å²) >= 11 is 6.65.